The Balaban J connectivity index is 1.65. The molecular formula is C24H20N2O3. The van der Waals surface area contributed by atoms with Crippen molar-refractivity contribution in [3.05, 3.63) is 101 Å². The van der Waals surface area contributed by atoms with E-state index in [1.807, 2.05) is 60.7 Å². The summed E-state index contributed by atoms with van der Waals surface area (Å²) in [5.41, 5.74) is 3.72. The zero-order valence-electron chi connectivity index (χ0n) is 15.7. The van der Waals surface area contributed by atoms with Gasteiger partial charge in [0.1, 0.15) is 12.4 Å². The Labute approximate surface area is 169 Å². The summed E-state index contributed by atoms with van der Waals surface area (Å²) < 4.78 is 5.81. The van der Waals surface area contributed by atoms with Crippen molar-refractivity contribution in [2.24, 2.45) is 0 Å². The Kier molecular flexibility index (Phi) is 6.39. The Morgan fingerprint density at radius 1 is 1.00 bits per heavy atom. The Hall–Kier alpha value is -3.91. The van der Waals surface area contributed by atoms with Crippen LogP contribution < -0.4 is 4.74 Å². The molecule has 0 spiro atoms. The van der Waals surface area contributed by atoms with E-state index in [0.29, 0.717) is 23.6 Å². The molecule has 2 N–H and O–H groups in total. The minimum Gasteiger partial charge on any atom is -0.489 e. The van der Waals surface area contributed by atoms with Crippen LogP contribution in [0.4, 0.5) is 0 Å². The van der Waals surface area contributed by atoms with Gasteiger partial charge in [-0.05, 0) is 34.9 Å². The summed E-state index contributed by atoms with van der Waals surface area (Å²) >= 11 is 0. The molecule has 3 rings (SSSR count). The lowest BCUT2D eigenvalue weighted by molar-refractivity contribution is -0.137. The second-order valence-corrected chi connectivity index (χ2v) is 6.58. The van der Waals surface area contributed by atoms with E-state index in [2.05, 4.69) is 0 Å². The van der Waals surface area contributed by atoms with Crippen LogP contribution in [0.5, 0.6) is 5.75 Å². The van der Waals surface area contributed by atoms with Gasteiger partial charge < -0.3 is 9.84 Å². The van der Waals surface area contributed by atoms with Gasteiger partial charge in [0.2, 0.25) is 0 Å². The monoisotopic (exact) mass is 384 g/mol. The normalized spacial score (nSPS) is 11.3. The molecule has 3 aromatic rings. The van der Waals surface area contributed by atoms with Crippen molar-refractivity contribution in [3.63, 3.8) is 0 Å². The highest BCUT2D eigenvalue weighted by Crippen LogP contribution is 2.22. The Bertz CT molecular complexity index is 1040. The maximum absolute atomic E-state index is 10.8. The molecule has 29 heavy (non-hydrogen) atoms. The molecule has 144 valence electrons. The van der Waals surface area contributed by atoms with Crippen LogP contribution >= 0.6 is 0 Å². The van der Waals surface area contributed by atoms with Crippen LogP contribution in [0.3, 0.4) is 0 Å². The van der Waals surface area contributed by atoms with Crippen molar-refractivity contribution in [1.82, 2.24) is 0 Å². The van der Waals surface area contributed by atoms with Crippen LogP contribution in [0.1, 0.15) is 34.6 Å². The number of carboxylic acids is 1. The third kappa shape index (κ3) is 5.30. The second kappa shape index (κ2) is 9.34. The molecule has 0 radical (unpaired) electrons. The Morgan fingerprint density at radius 2 is 1.69 bits per heavy atom. The molecule has 1 atom stereocenters. The standard InChI is InChI=1S/C24H20N2O3/c25-15-21(14-23(27)28)18-9-11-22(12-10-18)29-16-17-5-4-8-20(13-17)24(26)19-6-2-1-3-7-19/h1-13,21,26H,14,16H2,(H,27,28). The minimum absolute atomic E-state index is 0.225. The number of ether oxygens (including phenoxy) is 1. The molecule has 0 bridgehead atoms. The van der Waals surface area contributed by atoms with Gasteiger partial charge in [0, 0.05) is 5.56 Å². The fourth-order valence-electron chi connectivity index (χ4n) is 2.96. The van der Waals surface area contributed by atoms with Gasteiger partial charge in [-0.3, -0.25) is 10.2 Å². The fraction of sp³-hybridized carbons (Fsp3) is 0.125. The van der Waals surface area contributed by atoms with Gasteiger partial charge in [-0.25, -0.2) is 0 Å². The van der Waals surface area contributed by atoms with Crippen LogP contribution in [-0.2, 0) is 11.4 Å². The number of nitrogens with one attached hydrogen (secondary N) is 1. The molecule has 5 heteroatoms. The van der Waals surface area contributed by atoms with Crippen LogP contribution in [0, 0.1) is 16.7 Å². The van der Waals surface area contributed by atoms with Gasteiger partial charge >= 0.3 is 5.97 Å². The summed E-state index contributed by atoms with van der Waals surface area (Å²) in [5, 5.41) is 26.4. The average Bonchev–Trinajstić information content (AvgIpc) is 2.76. The number of aliphatic carboxylic acids is 1. The minimum atomic E-state index is -1.00. The molecule has 0 aromatic heterocycles. The van der Waals surface area contributed by atoms with Crippen molar-refractivity contribution in [2.75, 3.05) is 0 Å². The van der Waals surface area contributed by atoms with E-state index < -0.39 is 11.9 Å². The topological polar surface area (TPSA) is 94.2 Å². The van der Waals surface area contributed by atoms with E-state index >= 15 is 0 Å². The number of hydrogen-bond donors (Lipinski definition) is 2. The predicted molar refractivity (Wildman–Crippen MR) is 110 cm³/mol. The smallest absolute Gasteiger partial charge is 0.305 e. The molecule has 0 fully saturated rings. The van der Waals surface area contributed by atoms with Crippen molar-refractivity contribution in [2.45, 2.75) is 18.9 Å². The molecule has 3 aromatic carbocycles. The number of hydrogen-bond acceptors (Lipinski definition) is 4. The maximum atomic E-state index is 10.8. The molecule has 0 aliphatic heterocycles. The van der Waals surface area contributed by atoms with Gasteiger partial charge in [0.25, 0.3) is 0 Å². The van der Waals surface area contributed by atoms with Crippen molar-refractivity contribution >= 4 is 11.7 Å². The SMILES string of the molecule is N#CC(CC(=O)O)c1ccc(OCc2cccc(C(=N)c3ccccc3)c2)cc1. The van der Waals surface area contributed by atoms with Crippen molar-refractivity contribution in [3.8, 4) is 11.8 Å². The van der Waals surface area contributed by atoms with E-state index in [9.17, 15) is 4.79 Å². The molecule has 0 heterocycles. The number of carbonyl (C=O) groups is 1. The third-order valence-electron chi connectivity index (χ3n) is 4.50. The summed E-state index contributed by atoms with van der Waals surface area (Å²) in [6.07, 6.45) is -0.225. The van der Waals surface area contributed by atoms with Crippen LogP contribution in [0.2, 0.25) is 0 Å². The van der Waals surface area contributed by atoms with E-state index in [1.165, 1.54) is 0 Å². The Morgan fingerprint density at radius 3 is 2.34 bits per heavy atom. The zero-order valence-corrected chi connectivity index (χ0v) is 15.7. The van der Waals surface area contributed by atoms with E-state index in [-0.39, 0.29) is 6.42 Å². The van der Waals surface area contributed by atoms with E-state index in [4.69, 9.17) is 20.5 Å². The predicted octanol–water partition coefficient (Wildman–Crippen LogP) is 4.76. The first kappa shape index (κ1) is 19.8. The lowest BCUT2D eigenvalue weighted by Crippen LogP contribution is -2.04. The molecule has 0 saturated carbocycles. The molecule has 0 amide bonds. The van der Waals surface area contributed by atoms with Gasteiger partial charge in [-0.15, -0.1) is 0 Å². The molecule has 0 saturated heterocycles. The fourth-order valence-corrected chi connectivity index (χ4v) is 2.96. The van der Waals surface area contributed by atoms with Crippen LogP contribution in [0.15, 0.2) is 78.9 Å². The van der Waals surface area contributed by atoms with Gasteiger partial charge in [0.05, 0.1) is 24.1 Å². The summed E-state index contributed by atoms with van der Waals surface area (Å²) in [6, 6.07) is 26.1. The molecular weight excluding hydrogens is 364 g/mol. The quantitative estimate of drug-likeness (QED) is 0.547. The van der Waals surface area contributed by atoms with E-state index in [0.717, 1.165) is 16.7 Å². The number of nitriles is 1. The summed E-state index contributed by atoms with van der Waals surface area (Å²) in [4.78, 5) is 10.8. The highest BCUT2D eigenvalue weighted by atomic mass is 16.5. The summed E-state index contributed by atoms with van der Waals surface area (Å²) in [7, 11) is 0. The number of nitrogens with zero attached hydrogens (tertiary/aromatic N) is 1. The maximum Gasteiger partial charge on any atom is 0.305 e. The average molecular weight is 384 g/mol. The van der Waals surface area contributed by atoms with Gasteiger partial charge in [-0.2, -0.15) is 5.26 Å². The largest absolute Gasteiger partial charge is 0.489 e. The zero-order chi connectivity index (χ0) is 20.6. The molecule has 5 nitrogen and oxygen atoms in total. The number of carboxylic acid groups (broad SMARTS) is 1. The van der Waals surface area contributed by atoms with E-state index in [1.54, 1.807) is 24.3 Å². The lowest BCUT2D eigenvalue weighted by Gasteiger charge is -2.11. The third-order valence-corrected chi connectivity index (χ3v) is 4.50. The van der Waals surface area contributed by atoms with Crippen LogP contribution in [0.25, 0.3) is 0 Å². The second-order valence-electron chi connectivity index (χ2n) is 6.58. The van der Waals surface area contributed by atoms with Gasteiger partial charge in [-0.1, -0.05) is 60.7 Å². The number of rotatable bonds is 8. The van der Waals surface area contributed by atoms with Crippen molar-refractivity contribution in [1.29, 1.82) is 10.7 Å². The highest BCUT2D eigenvalue weighted by molar-refractivity contribution is 6.10. The van der Waals surface area contributed by atoms with Gasteiger partial charge in [0.15, 0.2) is 0 Å². The first-order chi connectivity index (χ1) is 14.1. The first-order valence-electron chi connectivity index (χ1n) is 9.14. The molecule has 0 aliphatic carbocycles. The number of benzene rings is 3. The summed E-state index contributed by atoms with van der Waals surface area (Å²) in [6.45, 7) is 0.339. The van der Waals surface area contributed by atoms with Crippen molar-refractivity contribution < 1.29 is 14.6 Å². The van der Waals surface area contributed by atoms with Crippen LogP contribution in [-0.4, -0.2) is 16.8 Å². The lowest BCUT2D eigenvalue weighted by atomic mass is 9.97. The summed E-state index contributed by atoms with van der Waals surface area (Å²) in [5.74, 6) is -1.05. The molecule has 0 aliphatic rings. The highest BCUT2D eigenvalue weighted by Gasteiger charge is 2.14. The first-order valence-corrected chi connectivity index (χ1v) is 9.14. The molecule has 1 unspecified atom stereocenters.